The second-order valence-corrected chi connectivity index (χ2v) is 15.7. The number of ether oxygens (including phenoxy) is 1. The Morgan fingerprint density at radius 2 is 1.57 bits per heavy atom. The smallest absolute Gasteiger partial charge is 0.337 e. The van der Waals surface area contributed by atoms with Crippen molar-refractivity contribution < 1.29 is 27.9 Å². The van der Waals surface area contributed by atoms with Crippen LogP contribution in [0.15, 0.2) is 60.7 Å². The normalized spacial score (nSPS) is 16.5. The summed E-state index contributed by atoms with van der Waals surface area (Å²) in [7, 11) is -3.75. The lowest BCUT2D eigenvalue weighted by Gasteiger charge is -2.35. The zero-order valence-electron chi connectivity index (χ0n) is 27.9. The fourth-order valence-corrected chi connectivity index (χ4v) is 8.20. The number of hydrogen-bond acceptors (Lipinski definition) is 5. The number of aromatic nitrogens is 1. The summed E-state index contributed by atoms with van der Waals surface area (Å²) >= 11 is 0. The fourth-order valence-electron chi connectivity index (χ4n) is 7.23. The van der Waals surface area contributed by atoms with Gasteiger partial charge in [0.05, 0.1) is 29.6 Å². The van der Waals surface area contributed by atoms with Crippen LogP contribution in [0.2, 0.25) is 0 Å². The van der Waals surface area contributed by atoms with Gasteiger partial charge in [0.15, 0.2) is 6.10 Å². The number of aliphatic carboxylic acids is 1. The van der Waals surface area contributed by atoms with Crippen LogP contribution >= 0.6 is 0 Å². The van der Waals surface area contributed by atoms with Gasteiger partial charge in [-0.2, -0.15) is 0 Å². The van der Waals surface area contributed by atoms with Gasteiger partial charge in [0.2, 0.25) is 10.0 Å². The maximum Gasteiger partial charge on any atom is 0.337 e. The van der Waals surface area contributed by atoms with Crippen molar-refractivity contribution in [2.75, 3.05) is 30.2 Å². The van der Waals surface area contributed by atoms with Gasteiger partial charge in [0.25, 0.3) is 5.91 Å². The highest BCUT2D eigenvalue weighted by Gasteiger charge is 2.39. The van der Waals surface area contributed by atoms with Crippen molar-refractivity contribution >= 4 is 38.5 Å². The summed E-state index contributed by atoms with van der Waals surface area (Å²) in [5.74, 6) is -0.906. The number of sulfonamides is 1. The summed E-state index contributed by atoms with van der Waals surface area (Å²) < 4.78 is 36.0. The molecular formula is C37H43N3O6S. The van der Waals surface area contributed by atoms with Gasteiger partial charge in [0.1, 0.15) is 5.69 Å². The number of hydrogen-bond donors (Lipinski definition) is 1. The molecule has 0 spiro atoms. The first-order valence-corrected chi connectivity index (χ1v) is 18.0. The molecule has 1 amide bonds. The molecule has 0 unspecified atom stereocenters. The molecule has 0 bridgehead atoms. The van der Waals surface area contributed by atoms with E-state index in [2.05, 4.69) is 12.1 Å². The number of likely N-dealkylation sites (tertiary alicyclic amines) is 1. The van der Waals surface area contributed by atoms with E-state index in [1.54, 1.807) is 27.7 Å². The summed E-state index contributed by atoms with van der Waals surface area (Å²) in [6.07, 6.45) is 1.47. The maximum atomic E-state index is 14.4. The van der Waals surface area contributed by atoms with E-state index in [0.717, 1.165) is 30.2 Å². The minimum Gasteiger partial charge on any atom is -0.479 e. The minimum atomic E-state index is -3.75. The van der Waals surface area contributed by atoms with Gasteiger partial charge in [0, 0.05) is 30.6 Å². The molecule has 1 saturated heterocycles. The number of aryl methyl sites for hydroxylation is 1. The van der Waals surface area contributed by atoms with Crippen LogP contribution in [-0.2, 0) is 26.1 Å². The number of carbonyl (C=O) groups is 2. The van der Waals surface area contributed by atoms with Crippen molar-refractivity contribution in [3.05, 3.63) is 88.6 Å². The molecule has 1 atom stereocenters. The lowest BCUT2D eigenvalue weighted by atomic mass is 9.87. The summed E-state index contributed by atoms with van der Waals surface area (Å²) in [5, 5.41) is 11.2. The number of benzene rings is 3. The predicted octanol–water partition coefficient (Wildman–Crippen LogP) is 6.67. The third kappa shape index (κ3) is 6.16. The minimum absolute atomic E-state index is 0.110. The van der Waals surface area contributed by atoms with Gasteiger partial charge in [-0.1, -0.05) is 60.2 Å². The molecule has 10 heteroatoms. The van der Waals surface area contributed by atoms with Crippen molar-refractivity contribution in [1.82, 2.24) is 9.47 Å². The van der Waals surface area contributed by atoms with Crippen molar-refractivity contribution in [3.63, 3.8) is 0 Å². The first-order valence-electron chi connectivity index (χ1n) is 16.1. The number of rotatable bonds is 7. The van der Waals surface area contributed by atoms with Crippen LogP contribution < -0.4 is 4.31 Å². The van der Waals surface area contributed by atoms with Crippen LogP contribution in [0, 0.1) is 13.8 Å². The van der Waals surface area contributed by atoms with Gasteiger partial charge in [-0.15, -0.1) is 0 Å². The van der Waals surface area contributed by atoms with E-state index < -0.39 is 27.7 Å². The zero-order valence-corrected chi connectivity index (χ0v) is 28.7. The highest BCUT2D eigenvalue weighted by Crippen LogP contribution is 2.48. The topological polar surface area (TPSA) is 109 Å². The molecule has 4 aromatic rings. The Morgan fingerprint density at radius 3 is 2.15 bits per heavy atom. The van der Waals surface area contributed by atoms with Crippen molar-refractivity contribution in [2.24, 2.45) is 0 Å². The third-order valence-corrected chi connectivity index (χ3v) is 10.5. The van der Waals surface area contributed by atoms with Crippen LogP contribution in [0.5, 0.6) is 0 Å². The number of amides is 1. The molecule has 3 heterocycles. The van der Waals surface area contributed by atoms with Crippen LogP contribution in [0.4, 0.5) is 5.69 Å². The standard InChI is InChI=1S/C37H43N3O6S/c1-23-12-14-27(15-13-23)31-28-22-29(35(41)38-18-16-26(17-19-38)25-10-8-7-9-11-25)39-20-21-40(47(6,44)45)32(33(28)39)24(2)30(31)34(36(42)43)46-37(3,4)5/h7-15,22,26,34H,16-21H2,1-6H3,(H,42,43)/t34-/m0/s1. The van der Waals surface area contributed by atoms with Gasteiger partial charge in [-0.3, -0.25) is 9.10 Å². The molecule has 248 valence electrons. The molecule has 2 aliphatic heterocycles. The SMILES string of the molecule is Cc1ccc(-c2c([C@H](OC(C)(C)C)C(=O)O)c(C)c3c4c2cc(C(=O)N2CCC(c5ccccc5)CC2)n4CCN3S(C)(=O)=O)cc1. The molecule has 0 saturated carbocycles. The van der Waals surface area contributed by atoms with Crippen LogP contribution in [0.1, 0.15) is 78.4 Å². The maximum absolute atomic E-state index is 14.4. The molecule has 1 N–H and O–H groups in total. The predicted molar refractivity (Wildman–Crippen MR) is 185 cm³/mol. The van der Waals surface area contributed by atoms with Crippen LogP contribution in [0.3, 0.4) is 0 Å². The van der Waals surface area contributed by atoms with E-state index >= 15 is 0 Å². The Kier molecular flexibility index (Phi) is 8.47. The van der Waals surface area contributed by atoms with Gasteiger partial charge >= 0.3 is 5.97 Å². The van der Waals surface area contributed by atoms with Crippen LogP contribution in [-0.4, -0.2) is 66.4 Å². The molecule has 1 aromatic heterocycles. The second-order valence-electron chi connectivity index (χ2n) is 13.8. The van der Waals surface area contributed by atoms with Gasteiger partial charge < -0.3 is 19.3 Å². The van der Waals surface area contributed by atoms with E-state index in [0.29, 0.717) is 58.0 Å². The molecule has 6 rings (SSSR count). The first kappa shape index (κ1) is 32.8. The highest BCUT2D eigenvalue weighted by molar-refractivity contribution is 7.92. The summed E-state index contributed by atoms with van der Waals surface area (Å²) in [6.45, 7) is 10.8. The molecule has 3 aromatic carbocycles. The third-order valence-electron chi connectivity index (χ3n) is 9.37. The Hall–Kier alpha value is -4.15. The van der Waals surface area contributed by atoms with Crippen molar-refractivity contribution in [3.8, 4) is 11.1 Å². The van der Waals surface area contributed by atoms with Gasteiger partial charge in [-0.25, -0.2) is 13.2 Å². The number of carboxylic acid groups (broad SMARTS) is 1. The van der Waals surface area contributed by atoms with E-state index in [1.807, 2.05) is 64.9 Å². The molecule has 9 nitrogen and oxygen atoms in total. The molecular weight excluding hydrogens is 614 g/mol. The number of piperidine rings is 1. The quantitative estimate of drug-likeness (QED) is 0.238. The summed E-state index contributed by atoms with van der Waals surface area (Å²) in [4.78, 5) is 29.2. The highest BCUT2D eigenvalue weighted by atomic mass is 32.2. The van der Waals surface area contributed by atoms with Crippen molar-refractivity contribution in [2.45, 2.75) is 71.6 Å². The lowest BCUT2D eigenvalue weighted by molar-refractivity contribution is -0.160. The molecule has 2 aliphatic rings. The lowest BCUT2D eigenvalue weighted by Crippen LogP contribution is -2.41. The largest absolute Gasteiger partial charge is 0.479 e. The fraction of sp³-hybridized carbons (Fsp3) is 0.405. The van der Waals surface area contributed by atoms with E-state index in [9.17, 15) is 23.1 Å². The Morgan fingerprint density at radius 1 is 0.936 bits per heavy atom. The zero-order chi connectivity index (χ0) is 33.8. The Bertz CT molecular complexity index is 1950. The summed E-state index contributed by atoms with van der Waals surface area (Å²) in [6, 6.07) is 20.0. The van der Waals surface area contributed by atoms with E-state index in [1.165, 1.54) is 9.87 Å². The molecule has 47 heavy (non-hydrogen) atoms. The Labute approximate surface area is 276 Å². The number of anilines is 1. The van der Waals surface area contributed by atoms with Crippen LogP contribution in [0.25, 0.3) is 22.0 Å². The number of carbonyl (C=O) groups excluding carboxylic acids is 1. The first-order chi connectivity index (χ1) is 22.2. The second kappa shape index (κ2) is 12.1. The monoisotopic (exact) mass is 657 g/mol. The van der Waals surface area contributed by atoms with E-state index in [-0.39, 0.29) is 19.0 Å². The average Bonchev–Trinajstić information content (AvgIpc) is 3.41. The van der Waals surface area contributed by atoms with Crippen molar-refractivity contribution in [1.29, 1.82) is 0 Å². The molecule has 1 fully saturated rings. The Balaban J connectivity index is 1.58. The molecule has 0 aliphatic carbocycles. The molecule has 0 radical (unpaired) electrons. The average molecular weight is 658 g/mol. The number of nitrogens with zero attached hydrogens (tertiary/aromatic N) is 3. The number of carboxylic acids is 1. The van der Waals surface area contributed by atoms with Gasteiger partial charge in [-0.05, 0) is 81.7 Å². The summed E-state index contributed by atoms with van der Waals surface area (Å²) in [5.41, 5.74) is 5.26. The van der Waals surface area contributed by atoms with E-state index in [4.69, 9.17) is 4.74 Å².